The van der Waals surface area contributed by atoms with Gasteiger partial charge in [0.05, 0.1) is 0 Å². The third kappa shape index (κ3) is 4.73. The maximum absolute atomic E-state index is 4.41. The number of nitrogens with zero attached hydrogens (tertiary/aromatic N) is 2. The Morgan fingerprint density at radius 2 is 1.86 bits per heavy atom. The van der Waals surface area contributed by atoms with Gasteiger partial charge in [-0.15, -0.1) is 0 Å². The normalized spacial score (nSPS) is 17.6. The van der Waals surface area contributed by atoms with E-state index in [1.807, 2.05) is 7.05 Å². The van der Waals surface area contributed by atoms with Gasteiger partial charge in [0.1, 0.15) is 0 Å². The summed E-state index contributed by atoms with van der Waals surface area (Å²) in [7, 11) is 1.87. The van der Waals surface area contributed by atoms with Crippen LogP contribution in [0.5, 0.6) is 0 Å². The van der Waals surface area contributed by atoms with Gasteiger partial charge in [0, 0.05) is 38.3 Å². The zero-order valence-corrected chi connectivity index (χ0v) is 14.4. The molecule has 1 aliphatic heterocycles. The Labute approximate surface area is 135 Å². The summed E-state index contributed by atoms with van der Waals surface area (Å²) in [5, 5.41) is 7.23. The van der Waals surface area contributed by atoms with Crippen LogP contribution in [-0.2, 0) is 0 Å². The molecule has 1 fully saturated rings. The lowest BCUT2D eigenvalue weighted by Crippen LogP contribution is -2.52. The van der Waals surface area contributed by atoms with Crippen molar-refractivity contribution in [1.82, 2.24) is 15.5 Å². The molecule has 1 unspecified atom stereocenters. The Bertz CT molecular complexity index is 475. The second-order valence-corrected chi connectivity index (χ2v) is 6.76. The highest BCUT2D eigenvalue weighted by Crippen LogP contribution is 2.16. The molecule has 1 aliphatic rings. The van der Waals surface area contributed by atoms with E-state index in [4.69, 9.17) is 0 Å². The lowest BCUT2D eigenvalue weighted by molar-refractivity contribution is 0.339. The molecule has 2 N–H and O–H groups in total. The Balaban J connectivity index is 1.87. The van der Waals surface area contributed by atoms with Crippen molar-refractivity contribution < 1.29 is 0 Å². The van der Waals surface area contributed by atoms with Crippen molar-refractivity contribution >= 4 is 5.96 Å². The van der Waals surface area contributed by atoms with Crippen LogP contribution in [-0.4, -0.2) is 43.1 Å². The average Bonchev–Trinajstić information content (AvgIpc) is 3.02. The molecule has 1 atom stereocenters. The summed E-state index contributed by atoms with van der Waals surface area (Å²) in [6, 6.07) is 10.9. The van der Waals surface area contributed by atoms with E-state index in [0.717, 1.165) is 25.6 Å². The molecular weight excluding hydrogens is 272 g/mol. The molecule has 1 saturated heterocycles. The summed E-state index contributed by atoms with van der Waals surface area (Å²) < 4.78 is 0. The fraction of sp³-hybridized carbons (Fsp3) is 0.611. The van der Waals surface area contributed by atoms with Gasteiger partial charge in [-0.2, -0.15) is 0 Å². The van der Waals surface area contributed by atoms with Gasteiger partial charge in [-0.25, -0.2) is 0 Å². The lowest BCUT2D eigenvalue weighted by Gasteiger charge is -2.32. The quantitative estimate of drug-likeness (QED) is 0.649. The van der Waals surface area contributed by atoms with Crippen LogP contribution < -0.4 is 10.6 Å². The van der Waals surface area contributed by atoms with Crippen LogP contribution in [0, 0.1) is 0 Å². The van der Waals surface area contributed by atoms with Gasteiger partial charge in [-0.3, -0.25) is 4.99 Å². The second-order valence-electron chi connectivity index (χ2n) is 6.76. The van der Waals surface area contributed by atoms with E-state index in [1.54, 1.807) is 0 Å². The summed E-state index contributed by atoms with van der Waals surface area (Å²) in [5.74, 6) is 1.03. The molecule has 22 heavy (non-hydrogen) atoms. The van der Waals surface area contributed by atoms with E-state index in [0.29, 0.717) is 6.04 Å². The smallest absolute Gasteiger partial charge is 0.193 e. The van der Waals surface area contributed by atoms with E-state index < -0.39 is 0 Å². The Morgan fingerprint density at radius 3 is 2.45 bits per heavy atom. The first-order valence-corrected chi connectivity index (χ1v) is 8.30. The first-order chi connectivity index (χ1) is 10.5. The molecule has 0 amide bonds. The van der Waals surface area contributed by atoms with Crippen molar-refractivity contribution in [2.24, 2.45) is 4.99 Å². The molecular formula is C18H30N4. The van der Waals surface area contributed by atoms with Crippen LogP contribution in [0.15, 0.2) is 35.3 Å². The van der Waals surface area contributed by atoms with E-state index in [2.05, 4.69) is 71.6 Å². The zero-order valence-electron chi connectivity index (χ0n) is 14.4. The Hall–Kier alpha value is -1.55. The van der Waals surface area contributed by atoms with Crippen LogP contribution in [0.1, 0.15) is 45.2 Å². The van der Waals surface area contributed by atoms with Gasteiger partial charge in [0.25, 0.3) is 0 Å². The molecule has 1 aromatic carbocycles. The average molecular weight is 302 g/mol. The second kappa shape index (κ2) is 7.63. The number of likely N-dealkylation sites (tertiary alicyclic amines) is 1. The summed E-state index contributed by atoms with van der Waals surface area (Å²) in [6.07, 6.45) is 2.54. The monoisotopic (exact) mass is 302 g/mol. The molecule has 0 saturated carbocycles. The molecule has 4 nitrogen and oxygen atoms in total. The highest BCUT2D eigenvalue weighted by Gasteiger charge is 2.23. The third-order valence-corrected chi connectivity index (χ3v) is 4.21. The van der Waals surface area contributed by atoms with Crippen molar-refractivity contribution in [2.45, 2.75) is 45.2 Å². The Morgan fingerprint density at radius 1 is 1.23 bits per heavy atom. The zero-order chi connectivity index (χ0) is 16.0. The minimum Gasteiger partial charge on any atom is -0.354 e. The number of aliphatic imine (C=N–C) groups is 1. The molecule has 1 aromatic rings. The van der Waals surface area contributed by atoms with Gasteiger partial charge < -0.3 is 15.5 Å². The number of hydrogen-bond acceptors (Lipinski definition) is 2. The largest absolute Gasteiger partial charge is 0.354 e. The molecule has 0 bridgehead atoms. The van der Waals surface area contributed by atoms with Crippen molar-refractivity contribution in [3.8, 4) is 0 Å². The first kappa shape index (κ1) is 16.8. The van der Waals surface area contributed by atoms with Crippen molar-refractivity contribution in [3.05, 3.63) is 35.9 Å². The number of hydrogen-bond donors (Lipinski definition) is 2. The minimum atomic E-state index is -0.00901. The van der Waals surface area contributed by atoms with Gasteiger partial charge in [0.2, 0.25) is 0 Å². The molecule has 122 valence electrons. The predicted octanol–water partition coefficient (Wildman–Crippen LogP) is 2.79. The van der Waals surface area contributed by atoms with Crippen molar-refractivity contribution in [3.63, 3.8) is 0 Å². The van der Waals surface area contributed by atoms with Crippen LogP contribution >= 0.6 is 0 Å². The highest BCUT2D eigenvalue weighted by molar-refractivity contribution is 5.80. The Kier molecular flexibility index (Phi) is 5.83. The highest BCUT2D eigenvalue weighted by atomic mass is 15.3. The molecule has 0 aromatic heterocycles. The molecule has 1 heterocycles. The minimum absolute atomic E-state index is 0.00901. The standard InChI is InChI=1S/C18H30N4/c1-15(16-10-6-5-7-11-16)21-18(2,3)14-20-17(19-4)22-12-8-9-13-22/h5-7,10-11,15,21H,8-9,12-14H2,1-4H3,(H,19,20). The van der Waals surface area contributed by atoms with E-state index in [1.165, 1.54) is 18.4 Å². The summed E-state index contributed by atoms with van der Waals surface area (Å²) in [6.45, 7) is 9.77. The number of rotatable bonds is 5. The maximum atomic E-state index is 4.41. The van der Waals surface area contributed by atoms with Crippen LogP contribution in [0.25, 0.3) is 0 Å². The molecule has 0 spiro atoms. The first-order valence-electron chi connectivity index (χ1n) is 8.30. The molecule has 2 rings (SSSR count). The van der Waals surface area contributed by atoms with Crippen LogP contribution in [0.3, 0.4) is 0 Å². The molecule has 0 aliphatic carbocycles. The van der Waals surface area contributed by atoms with E-state index in [-0.39, 0.29) is 5.54 Å². The summed E-state index contributed by atoms with van der Waals surface area (Å²) in [5.41, 5.74) is 1.31. The van der Waals surface area contributed by atoms with Crippen LogP contribution in [0.2, 0.25) is 0 Å². The number of nitrogens with one attached hydrogen (secondary N) is 2. The topological polar surface area (TPSA) is 39.7 Å². The fourth-order valence-corrected chi connectivity index (χ4v) is 3.02. The van der Waals surface area contributed by atoms with Crippen LogP contribution in [0.4, 0.5) is 0 Å². The maximum Gasteiger partial charge on any atom is 0.193 e. The van der Waals surface area contributed by atoms with Gasteiger partial charge >= 0.3 is 0 Å². The van der Waals surface area contributed by atoms with Gasteiger partial charge in [0.15, 0.2) is 5.96 Å². The fourth-order valence-electron chi connectivity index (χ4n) is 3.02. The number of guanidine groups is 1. The number of benzene rings is 1. The molecule has 0 radical (unpaired) electrons. The lowest BCUT2D eigenvalue weighted by atomic mass is 10.0. The van der Waals surface area contributed by atoms with Gasteiger partial charge in [-0.05, 0) is 39.2 Å². The van der Waals surface area contributed by atoms with Crippen molar-refractivity contribution in [2.75, 3.05) is 26.7 Å². The predicted molar refractivity (Wildman–Crippen MR) is 94.2 cm³/mol. The van der Waals surface area contributed by atoms with Gasteiger partial charge in [-0.1, -0.05) is 30.3 Å². The summed E-state index contributed by atoms with van der Waals surface area (Å²) >= 11 is 0. The van der Waals surface area contributed by atoms with E-state index in [9.17, 15) is 0 Å². The SMILES string of the molecule is CN=C(NCC(C)(C)NC(C)c1ccccc1)N1CCCC1. The summed E-state index contributed by atoms with van der Waals surface area (Å²) in [4.78, 5) is 6.76. The third-order valence-electron chi connectivity index (χ3n) is 4.21. The van der Waals surface area contributed by atoms with E-state index >= 15 is 0 Å². The van der Waals surface area contributed by atoms with Crippen molar-refractivity contribution in [1.29, 1.82) is 0 Å². The molecule has 4 heteroatoms.